The van der Waals surface area contributed by atoms with Crippen molar-refractivity contribution in [3.05, 3.63) is 273 Å². The molecule has 0 saturated carbocycles. The van der Waals surface area contributed by atoms with Crippen LogP contribution in [0.2, 0.25) is 0 Å². The minimum atomic E-state index is -0.704. The van der Waals surface area contributed by atoms with E-state index in [1.165, 1.54) is 0 Å². The molecule has 0 amide bonds. The van der Waals surface area contributed by atoms with E-state index in [9.17, 15) is 30.9 Å². The number of nitriles is 2. The molecular formula is C80H66N4O12. The van der Waals surface area contributed by atoms with E-state index in [2.05, 4.69) is 49.5 Å². The van der Waals surface area contributed by atoms with Crippen molar-refractivity contribution in [2.24, 2.45) is 0 Å². The normalized spacial score (nSPS) is 15.7. The Hall–Kier alpha value is -11.6. The van der Waals surface area contributed by atoms with Gasteiger partial charge in [-0.1, -0.05) is 100 Å². The summed E-state index contributed by atoms with van der Waals surface area (Å²) < 4.78 is 53.1. The van der Waals surface area contributed by atoms with Crippen LogP contribution >= 0.6 is 0 Å². The maximum atomic E-state index is 10.9. The second kappa shape index (κ2) is 26.4. The molecule has 12 rings (SSSR count). The van der Waals surface area contributed by atoms with Crippen LogP contribution in [0.3, 0.4) is 0 Å². The third kappa shape index (κ3) is 12.6. The van der Waals surface area contributed by atoms with E-state index in [0.717, 1.165) is 22.3 Å². The maximum Gasteiger partial charge on any atom is 0.270 e. The van der Waals surface area contributed by atoms with Crippen LogP contribution in [0, 0.1) is 35.8 Å². The highest BCUT2D eigenvalue weighted by atomic mass is 16.5. The summed E-state index contributed by atoms with van der Waals surface area (Å²) in [5, 5.41) is 62.6. The summed E-state index contributed by atoms with van der Waals surface area (Å²) in [6.07, 6.45) is -2.78. The molecule has 0 aliphatic heterocycles. The zero-order valence-corrected chi connectivity index (χ0v) is 53.8. The molecule has 0 heterocycles. The van der Waals surface area contributed by atoms with Crippen LogP contribution < -0.4 is 37.9 Å². The highest BCUT2D eigenvalue weighted by Gasteiger charge is 2.59. The second-order valence-corrected chi connectivity index (χ2v) is 24.9. The van der Waals surface area contributed by atoms with Crippen molar-refractivity contribution >= 4 is 11.4 Å². The van der Waals surface area contributed by atoms with Crippen molar-refractivity contribution < 1.29 is 58.3 Å². The topological polar surface area (TPSA) is 211 Å². The lowest BCUT2D eigenvalue weighted by molar-refractivity contribution is 0.199. The number of hydrogen-bond donors (Lipinski definition) is 4. The summed E-state index contributed by atoms with van der Waals surface area (Å²) in [6, 6.07) is 60.3. The Labute approximate surface area is 556 Å². The zero-order valence-electron chi connectivity index (χ0n) is 53.8. The summed E-state index contributed by atoms with van der Waals surface area (Å²) in [7, 11) is 0. The smallest absolute Gasteiger partial charge is 0.270 e. The molecule has 0 saturated heterocycles. The van der Waals surface area contributed by atoms with Gasteiger partial charge in [-0.3, -0.25) is 0 Å². The molecule has 16 heteroatoms. The summed E-state index contributed by atoms with van der Waals surface area (Å²) in [5.41, 5.74) is 5.32. The molecule has 0 radical (unpaired) electrons. The lowest BCUT2D eigenvalue weighted by Crippen LogP contribution is -2.25. The molecule has 16 nitrogen and oxygen atoms in total. The van der Waals surface area contributed by atoms with Crippen molar-refractivity contribution in [1.82, 2.24) is 0 Å². The lowest BCUT2D eigenvalue weighted by atomic mass is 9.72. The molecule has 6 atom stereocenters. The average Bonchev–Trinajstić information content (AvgIpc) is 1.52. The van der Waals surface area contributed by atoms with E-state index in [0.29, 0.717) is 45.3 Å². The van der Waals surface area contributed by atoms with Gasteiger partial charge < -0.3 is 58.3 Å². The Morgan fingerprint density at radius 1 is 0.344 bits per heavy atom. The summed E-state index contributed by atoms with van der Waals surface area (Å²) in [4.78, 5) is 7.86. The maximum absolute atomic E-state index is 10.9. The molecule has 10 aromatic carbocycles. The molecule has 6 unspecified atom stereocenters. The van der Waals surface area contributed by atoms with Gasteiger partial charge in [0.1, 0.15) is 92.3 Å². The minimum Gasteiger partial charge on any atom is -0.468 e. The van der Waals surface area contributed by atoms with Crippen LogP contribution in [0.1, 0.15) is 147 Å². The molecule has 0 spiro atoms. The Bertz CT molecular complexity index is 4480. The number of fused-ring (bicyclic) bond motifs is 5. The predicted molar refractivity (Wildman–Crippen MR) is 361 cm³/mol. The fraction of sp³-hybridized carbons (Fsp3) is 0.200. The highest BCUT2D eigenvalue weighted by Crippen LogP contribution is 2.69. The average molecular weight is 1280 g/mol. The largest absolute Gasteiger partial charge is 0.468 e. The molecule has 2 aliphatic carbocycles. The molecule has 0 bridgehead atoms. The van der Waals surface area contributed by atoms with Crippen molar-refractivity contribution in [3.63, 3.8) is 0 Å². The van der Waals surface area contributed by atoms with Crippen LogP contribution in [0.15, 0.2) is 194 Å². The van der Waals surface area contributed by atoms with Crippen molar-refractivity contribution in [1.29, 1.82) is 10.5 Å². The SMILES string of the molecule is [C-]#[N+]c1c(Oc2ccc(C(C)O)cc2)cccc1Oc1cc2c(cc1Oc1cccc(Oc3ccc(C(C)O)cc3)c1[N+]#[C-])C(C)(C)C1c3cc(Oc4cccc(Oc5ccc(C(C)O)cc5)c4C#N)c(Oc4cccc(Oc5ccc(C(C)O)cc5)c4C#N)cc3C(C)(C)C21. The van der Waals surface area contributed by atoms with E-state index >= 15 is 0 Å². The Morgan fingerprint density at radius 2 is 0.573 bits per heavy atom. The number of para-hydroxylation sites is 2. The highest BCUT2D eigenvalue weighted by molar-refractivity contribution is 5.73. The van der Waals surface area contributed by atoms with Gasteiger partial charge in [-0.15, -0.1) is 0 Å². The van der Waals surface area contributed by atoms with Gasteiger partial charge in [-0.05, 0) is 204 Å². The molecule has 0 fully saturated rings. The number of ether oxygens (including phenoxy) is 8. The van der Waals surface area contributed by atoms with Crippen molar-refractivity contribution in [3.8, 4) is 104 Å². The fourth-order valence-corrected chi connectivity index (χ4v) is 12.8. The molecule has 4 N–H and O–H groups in total. The molecule has 96 heavy (non-hydrogen) atoms. The van der Waals surface area contributed by atoms with Gasteiger partial charge in [0.05, 0.1) is 37.6 Å². The monoisotopic (exact) mass is 1270 g/mol. The number of hydrogen-bond acceptors (Lipinski definition) is 14. The first-order chi connectivity index (χ1) is 46.2. The van der Waals surface area contributed by atoms with Gasteiger partial charge in [-0.25, -0.2) is 9.69 Å². The van der Waals surface area contributed by atoms with Crippen LogP contribution in [0.25, 0.3) is 9.69 Å². The second-order valence-electron chi connectivity index (χ2n) is 24.9. The van der Waals surface area contributed by atoms with E-state index in [4.69, 9.17) is 51.0 Å². The van der Waals surface area contributed by atoms with Crippen LogP contribution in [-0.4, -0.2) is 20.4 Å². The first kappa shape index (κ1) is 64.5. The van der Waals surface area contributed by atoms with Gasteiger partial charge >= 0.3 is 0 Å². The number of aliphatic hydroxyl groups is 4. The summed E-state index contributed by atoms with van der Waals surface area (Å²) in [6.45, 7) is 32.3. The van der Waals surface area contributed by atoms with Gasteiger partial charge in [0, 0.05) is 11.8 Å². The number of rotatable bonds is 20. The summed E-state index contributed by atoms with van der Waals surface area (Å²) >= 11 is 0. The van der Waals surface area contributed by atoms with Crippen molar-refractivity contribution in [2.75, 3.05) is 0 Å². The quantitative estimate of drug-likeness (QED) is 0.0523. The minimum absolute atomic E-state index is 0.0697. The van der Waals surface area contributed by atoms with Gasteiger partial charge in [-0.2, -0.15) is 10.5 Å². The Balaban J connectivity index is 0.983. The number of nitrogens with zero attached hydrogens (tertiary/aromatic N) is 4. The first-order valence-corrected chi connectivity index (χ1v) is 31.2. The van der Waals surface area contributed by atoms with Crippen molar-refractivity contribution in [2.45, 2.75) is 102 Å². The molecule has 0 aromatic heterocycles. The van der Waals surface area contributed by atoms with Gasteiger partial charge in [0.25, 0.3) is 11.4 Å². The lowest BCUT2D eigenvalue weighted by Gasteiger charge is -2.31. The van der Waals surface area contributed by atoms with Crippen LogP contribution in [0.4, 0.5) is 11.4 Å². The third-order valence-corrected chi connectivity index (χ3v) is 17.8. The van der Waals surface area contributed by atoms with E-state index in [-0.39, 0.29) is 103 Å². The fourth-order valence-electron chi connectivity index (χ4n) is 12.8. The zero-order chi connectivity index (χ0) is 67.7. The first-order valence-electron chi connectivity index (χ1n) is 31.2. The predicted octanol–water partition coefficient (Wildman–Crippen LogP) is 20.5. The van der Waals surface area contributed by atoms with Crippen LogP contribution in [-0.2, 0) is 10.8 Å². The Kier molecular flexibility index (Phi) is 17.8. The standard InChI is InChI=1S/C80H66N4O12/c1-45(85)49-23-31-53(32-24-49)89-63-15-11-17-65(59(63)43-81)93-71-39-57-61(41-73(71)94-66-18-12-16-64(60(66)44-82)90-54-33-25-50(26-34-54)46(2)86)79(5,6)76-58-40-72(95-69-21-13-19-67(77(69)83-9)91-55-35-27-51(28-36-55)47(3)87)74(42-62(58)80(7,8)75(57)76)96-70-22-14-20-68(78(70)84-10)92-56-37-29-52(30-38-56)48(4)88/h11-42,45-48,75-76,85-88H,1-8H3. The number of aliphatic hydroxyl groups excluding tert-OH is 4. The molecule has 2 aliphatic rings. The van der Waals surface area contributed by atoms with E-state index in [1.54, 1.807) is 198 Å². The molecule has 478 valence electrons. The number of benzene rings is 10. The van der Waals surface area contributed by atoms with E-state index < -0.39 is 35.2 Å². The summed E-state index contributed by atoms with van der Waals surface area (Å²) in [5.74, 6) is 3.52. The van der Waals surface area contributed by atoms with Gasteiger partial charge in [0.2, 0.25) is 0 Å². The molecular weight excluding hydrogens is 1210 g/mol. The molecule has 10 aromatic rings. The third-order valence-electron chi connectivity index (χ3n) is 17.8. The Morgan fingerprint density at radius 3 is 0.833 bits per heavy atom. The van der Waals surface area contributed by atoms with Crippen LogP contribution in [0.5, 0.6) is 92.0 Å². The van der Waals surface area contributed by atoms with Gasteiger partial charge in [0.15, 0.2) is 23.0 Å². The van der Waals surface area contributed by atoms with E-state index in [1.807, 2.05) is 24.3 Å².